The molecule has 10 nitrogen and oxygen atoms in total. The Morgan fingerprint density at radius 3 is 1.62 bits per heavy atom. The number of carbonyl (C=O) groups is 2. The molecule has 0 fully saturated rings. The summed E-state index contributed by atoms with van der Waals surface area (Å²) in [6.45, 7) is -0.351. The first-order chi connectivity index (χ1) is 13.9. The highest BCUT2D eigenvalue weighted by molar-refractivity contribution is 5.69. The molecule has 0 aliphatic heterocycles. The summed E-state index contributed by atoms with van der Waals surface area (Å²) in [5.74, 6) is -1.12. The van der Waals surface area contributed by atoms with Gasteiger partial charge in [-0.2, -0.15) is 0 Å². The van der Waals surface area contributed by atoms with Crippen LogP contribution in [0.15, 0.2) is 0 Å². The lowest BCUT2D eigenvalue weighted by atomic mass is 9.88. The molecule has 6 N–H and O–H groups in total. The lowest BCUT2D eigenvalue weighted by molar-refractivity contribution is -0.145. The molecule has 0 bridgehead atoms. The molecule has 0 aromatic rings. The first kappa shape index (κ1) is 29.9. The van der Waals surface area contributed by atoms with Crippen molar-refractivity contribution >= 4 is 11.9 Å². The Balaban J connectivity index is 0. The number of ether oxygens (including phenoxy) is 2. The van der Waals surface area contributed by atoms with E-state index in [1.807, 2.05) is 0 Å². The average molecular weight is 427 g/mol. The number of carboxylic acid groups (broad SMARTS) is 1. The Morgan fingerprint density at radius 1 is 0.690 bits per heavy atom. The molecule has 10 heteroatoms. The van der Waals surface area contributed by atoms with Gasteiger partial charge < -0.3 is 40.1 Å². The van der Waals surface area contributed by atoms with E-state index in [-0.39, 0.29) is 58.5 Å². The van der Waals surface area contributed by atoms with E-state index in [2.05, 4.69) is 4.74 Å². The minimum absolute atomic E-state index is 0.0278. The minimum atomic E-state index is -1.01. The molecule has 0 amide bonds. The highest BCUT2D eigenvalue weighted by atomic mass is 16.5. The first-order valence-electron chi connectivity index (χ1n) is 9.90. The molecule has 29 heavy (non-hydrogen) atoms. The predicted octanol–water partition coefficient (Wildman–Crippen LogP) is -0.314. The zero-order chi connectivity index (χ0) is 22.4. The fourth-order valence-corrected chi connectivity index (χ4v) is 2.15. The summed E-state index contributed by atoms with van der Waals surface area (Å²) in [5.41, 5.74) is -1.01. The van der Waals surface area contributed by atoms with Gasteiger partial charge in [0.15, 0.2) is 0 Å². The lowest BCUT2D eigenvalue weighted by Crippen LogP contribution is -2.35. The zero-order valence-electron chi connectivity index (χ0n) is 17.1. The van der Waals surface area contributed by atoms with Crippen molar-refractivity contribution in [3.8, 4) is 0 Å². The standard InChI is InChI=1S/C15H28O7.C4H10O3/c16-10-15(11-17,12-18)8-9-22-14(21)7-5-3-1-2-4-6-13(19)20;5-1-3-7-4-2-6/h16-18H,1-12H2,(H,19,20);5-6H,1-4H2. The quantitative estimate of drug-likeness (QED) is 0.126. The van der Waals surface area contributed by atoms with Crippen molar-refractivity contribution in [3.05, 3.63) is 0 Å². The largest absolute Gasteiger partial charge is 0.481 e. The van der Waals surface area contributed by atoms with Gasteiger partial charge in [-0.25, -0.2) is 0 Å². The van der Waals surface area contributed by atoms with Crippen molar-refractivity contribution in [2.45, 2.75) is 51.4 Å². The highest BCUT2D eigenvalue weighted by Gasteiger charge is 2.28. The summed E-state index contributed by atoms with van der Waals surface area (Å²) < 4.78 is 9.64. The van der Waals surface area contributed by atoms with Crippen LogP contribution in [0.4, 0.5) is 0 Å². The van der Waals surface area contributed by atoms with Gasteiger partial charge >= 0.3 is 11.9 Å². The molecule has 0 spiro atoms. The molecule has 0 saturated heterocycles. The summed E-state index contributed by atoms with van der Waals surface area (Å²) in [7, 11) is 0. The summed E-state index contributed by atoms with van der Waals surface area (Å²) in [6, 6.07) is 0. The van der Waals surface area contributed by atoms with Gasteiger partial charge in [-0.05, 0) is 19.3 Å². The Morgan fingerprint density at radius 2 is 1.17 bits per heavy atom. The van der Waals surface area contributed by atoms with Crippen LogP contribution in [-0.4, -0.2) is 95.4 Å². The molecule has 0 aliphatic carbocycles. The van der Waals surface area contributed by atoms with Crippen LogP contribution in [0.3, 0.4) is 0 Å². The molecule has 0 rings (SSSR count). The van der Waals surface area contributed by atoms with Crippen LogP contribution in [0.25, 0.3) is 0 Å². The molecule has 0 aromatic carbocycles. The van der Waals surface area contributed by atoms with Gasteiger partial charge in [0.05, 0.1) is 52.9 Å². The van der Waals surface area contributed by atoms with Crippen LogP contribution in [0, 0.1) is 5.41 Å². The maximum absolute atomic E-state index is 11.5. The number of aliphatic hydroxyl groups excluding tert-OH is 5. The average Bonchev–Trinajstić information content (AvgIpc) is 2.71. The topological polar surface area (TPSA) is 174 Å². The van der Waals surface area contributed by atoms with Gasteiger partial charge in [0.25, 0.3) is 0 Å². The Bertz CT molecular complexity index is 373. The van der Waals surface area contributed by atoms with Crippen LogP contribution >= 0.6 is 0 Å². The van der Waals surface area contributed by atoms with E-state index in [1.54, 1.807) is 0 Å². The predicted molar refractivity (Wildman–Crippen MR) is 104 cm³/mol. The lowest BCUT2D eigenvalue weighted by Gasteiger charge is -2.26. The molecule has 0 aliphatic rings. The molecule has 0 heterocycles. The van der Waals surface area contributed by atoms with E-state index in [0.717, 1.165) is 19.3 Å². The maximum Gasteiger partial charge on any atom is 0.305 e. The maximum atomic E-state index is 11.5. The summed E-state index contributed by atoms with van der Waals surface area (Å²) in [4.78, 5) is 21.8. The van der Waals surface area contributed by atoms with E-state index < -0.39 is 11.4 Å². The first-order valence-corrected chi connectivity index (χ1v) is 9.90. The second kappa shape index (κ2) is 21.4. The Hall–Kier alpha value is -1.30. The van der Waals surface area contributed by atoms with Crippen molar-refractivity contribution in [2.24, 2.45) is 5.41 Å². The fraction of sp³-hybridized carbons (Fsp3) is 0.895. The second-order valence-electron chi connectivity index (χ2n) is 6.67. The molecule has 0 radical (unpaired) electrons. The highest BCUT2D eigenvalue weighted by Crippen LogP contribution is 2.20. The van der Waals surface area contributed by atoms with Gasteiger partial charge in [0.1, 0.15) is 0 Å². The van der Waals surface area contributed by atoms with Crippen LogP contribution < -0.4 is 0 Å². The number of aliphatic hydroxyl groups is 5. The molecule has 0 aromatic heterocycles. The smallest absolute Gasteiger partial charge is 0.305 e. The van der Waals surface area contributed by atoms with Crippen molar-refractivity contribution in [1.29, 1.82) is 0 Å². The van der Waals surface area contributed by atoms with Crippen LogP contribution in [0.5, 0.6) is 0 Å². The number of aliphatic carboxylic acids is 1. The van der Waals surface area contributed by atoms with Crippen LogP contribution in [0.2, 0.25) is 0 Å². The van der Waals surface area contributed by atoms with E-state index in [1.165, 1.54) is 0 Å². The van der Waals surface area contributed by atoms with Crippen LogP contribution in [-0.2, 0) is 19.1 Å². The number of carboxylic acids is 1. The number of rotatable bonds is 18. The van der Waals surface area contributed by atoms with Crippen molar-refractivity contribution in [3.63, 3.8) is 0 Å². The number of carbonyl (C=O) groups excluding carboxylic acids is 1. The van der Waals surface area contributed by atoms with Gasteiger partial charge in [-0.1, -0.05) is 19.3 Å². The van der Waals surface area contributed by atoms with Gasteiger partial charge in [0.2, 0.25) is 0 Å². The van der Waals surface area contributed by atoms with E-state index >= 15 is 0 Å². The van der Waals surface area contributed by atoms with Crippen molar-refractivity contribution < 1.29 is 49.7 Å². The third kappa shape index (κ3) is 19.8. The van der Waals surface area contributed by atoms with E-state index in [9.17, 15) is 9.59 Å². The van der Waals surface area contributed by atoms with E-state index in [4.69, 9.17) is 35.4 Å². The summed E-state index contributed by atoms with van der Waals surface area (Å²) >= 11 is 0. The molecular formula is C19H38O10. The number of hydrogen-bond donors (Lipinski definition) is 6. The number of hydrogen-bond acceptors (Lipinski definition) is 9. The summed E-state index contributed by atoms with van der Waals surface area (Å²) in [5, 5.41) is 52.0. The Labute approximate surface area is 172 Å². The van der Waals surface area contributed by atoms with Gasteiger partial charge in [-0.15, -0.1) is 0 Å². The van der Waals surface area contributed by atoms with Gasteiger partial charge in [-0.3, -0.25) is 9.59 Å². The molecule has 0 saturated carbocycles. The second-order valence-corrected chi connectivity index (χ2v) is 6.67. The zero-order valence-corrected chi connectivity index (χ0v) is 17.1. The fourth-order valence-electron chi connectivity index (χ4n) is 2.15. The third-order valence-electron chi connectivity index (χ3n) is 4.14. The molecule has 0 unspecified atom stereocenters. The third-order valence-corrected chi connectivity index (χ3v) is 4.14. The normalized spacial score (nSPS) is 10.9. The molecule has 174 valence electrons. The summed E-state index contributed by atoms with van der Waals surface area (Å²) in [6.07, 6.45) is 4.62. The molecule has 0 atom stereocenters. The number of unbranched alkanes of at least 4 members (excludes halogenated alkanes) is 4. The monoisotopic (exact) mass is 426 g/mol. The SMILES string of the molecule is O=C(O)CCCCCCCC(=O)OCCC(CO)(CO)CO.OCCOCCO. The molecular weight excluding hydrogens is 388 g/mol. The van der Waals surface area contributed by atoms with Gasteiger partial charge in [0, 0.05) is 18.3 Å². The van der Waals surface area contributed by atoms with Crippen molar-refractivity contribution in [1.82, 2.24) is 0 Å². The Kier molecular flexibility index (Phi) is 22.1. The number of esters is 1. The minimum Gasteiger partial charge on any atom is -0.481 e. The van der Waals surface area contributed by atoms with Crippen molar-refractivity contribution in [2.75, 3.05) is 52.9 Å². The van der Waals surface area contributed by atoms with E-state index in [0.29, 0.717) is 32.5 Å². The van der Waals surface area contributed by atoms with Crippen LogP contribution in [0.1, 0.15) is 51.4 Å².